The Labute approximate surface area is 66.4 Å². The van der Waals surface area contributed by atoms with E-state index in [1.165, 1.54) is 0 Å². The zero-order valence-electron chi connectivity index (χ0n) is 6.82. The van der Waals surface area contributed by atoms with Gasteiger partial charge in [-0.2, -0.15) is 0 Å². The number of hydrogen-bond donors (Lipinski definition) is 4. The summed E-state index contributed by atoms with van der Waals surface area (Å²) in [5, 5.41) is 9.26. The van der Waals surface area contributed by atoms with Crippen LogP contribution < -0.4 is 16.7 Å². The highest BCUT2D eigenvalue weighted by Crippen LogP contribution is 2.28. The molecule has 0 radical (unpaired) electrons. The fourth-order valence-corrected chi connectivity index (χ4v) is 1.52. The summed E-state index contributed by atoms with van der Waals surface area (Å²) in [5.41, 5.74) is 14.8. The molecule has 0 amide bonds. The lowest BCUT2D eigenvalue weighted by Gasteiger charge is -2.26. The Kier molecular flexibility index (Phi) is 3.23. The van der Waals surface area contributed by atoms with Gasteiger partial charge >= 0.3 is 0 Å². The molecule has 11 heavy (non-hydrogen) atoms. The smallest absolute Gasteiger partial charge is 0.208 e. The second-order valence-corrected chi connectivity index (χ2v) is 5.45. The summed E-state index contributed by atoms with van der Waals surface area (Å²) in [6, 6.07) is 0. The van der Waals surface area contributed by atoms with Crippen LogP contribution in [0.2, 0.25) is 0 Å². The van der Waals surface area contributed by atoms with Crippen LogP contribution in [0, 0.1) is 0 Å². The molecule has 7 N–H and O–H groups in total. The molecule has 0 aliphatic rings. The van der Waals surface area contributed by atoms with E-state index in [1.807, 2.05) is 0 Å². The van der Waals surface area contributed by atoms with E-state index in [1.54, 1.807) is 13.8 Å². The van der Waals surface area contributed by atoms with Crippen LogP contribution in [0.25, 0.3) is 0 Å². The van der Waals surface area contributed by atoms with E-state index in [2.05, 4.69) is 0 Å². The summed E-state index contributed by atoms with van der Waals surface area (Å²) in [5.74, 6) is 0. The van der Waals surface area contributed by atoms with Crippen molar-refractivity contribution in [1.29, 1.82) is 0 Å². The third-order valence-corrected chi connectivity index (χ3v) is 2.23. The van der Waals surface area contributed by atoms with Gasteiger partial charge in [-0.15, -0.1) is 0 Å². The molecule has 0 heterocycles. The number of aliphatic hydroxyl groups is 1. The number of rotatable bonds is 3. The molecule has 0 saturated heterocycles. The maximum Gasteiger partial charge on any atom is 0.208 e. The molecule has 6 heteroatoms. The Bertz CT molecular complexity index is 171. The topological polar surface area (TPSA) is 115 Å². The van der Waals surface area contributed by atoms with Gasteiger partial charge in [-0.3, -0.25) is 15.6 Å². The van der Waals surface area contributed by atoms with Gasteiger partial charge in [0, 0.05) is 5.54 Å². The fraction of sp³-hybridized carbons (Fsp3) is 1.00. The first-order valence-corrected chi connectivity index (χ1v) is 5.29. The van der Waals surface area contributed by atoms with Gasteiger partial charge in [0.1, 0.15) is 0 Å². The summed E-state index contributed by atoms with van der Waals surface area (Å²) in [4.78, 5) is 0. The molecular formula is C5H16N3O2P. The molecule has 0 rings (SSSR count). The molecule has 5 nitrogen and oxygen atoms in total. The molecule has 0 aromatic heterocycles. The van der Waals surface area contributed by atoms with E-state index >= 15 is 0 Å². The van der Waals surface area contributed by atoms with Gasteiger partial charge in [-0.1, -0.05) is 0 Å². The minimum atomic E-state index is -3.15. The van der Waals surface area contributed by atoms with Crippen molar-refractivity contribution in [3.8, 4) is 0 Å². The van der Waals surface area contributed by atoms with Gasteiger partial charge in [0.25, 0.3) is 0 Å². The van der Waals surface area contributed by atoms with Crippen LogP contribution in [0.15, 0.2) is 0 Å². The van der Waals surface area contributed by atoms with Crippen LogP contribution in [0.5, 0.6) is 0 Å². The first-order valence-electron chi connectivity index (χ1n) is 3.26. The lowest BCUT2D eigenvalue weighted by molar-refractivity contribution is 0.124. The highest BCUT2D eigenvalue weighted by molar-refractivity contribution is 7.59. The van der Waals surface area contributed by atoms with Crippen LogP contribution in [0.4, 0.5) is 0 Å². The molecule has 0 bridgehead atoms. The van der Waals surface area contributed by atoms with Gasteiger partial charge in [0.05, 0.1) is 12.3 Å². The average Bonchev–Trinajstić information content (AvgIpc) is 1.56. The second kappa shape index (κ2) is 3.21. The van der Waals surface area contributed by atoms with Gasteiger partial charge in [-0.05, 0) is 13.8 Å². The minimum Gasteiger partial charge on any atom is -0.391 e. The first kappa shape index (κ1) is 11.1. The third kappa shape index (κ3) is 5.35. The quantitative estimate of drug-likeness (QED) is 0.425. The van der Waals surface area contributed by atoms with Crippen molar-refractivity contribution >= 4 is 7.44 Å². The number of aliphatic hydroxyl groups excluding tert-OH is 1. The van der Waals surface area contributed by atoms with Crippen LogP contribution >= 0.6 is 7.44 Å². The van der Waals surface area contributed by atoms with Crippen molar-refractivity contribution < 1.29 is 9.67 Å². The van der Waals surface area contributed by atoms with E-state index in [4.69, 9.17) is 16.7 Å². The number of nitrogens with two attached hydrogens (primary N) is 3. The molecule has 0 aromatic carbocycles. The maximum absolute atomic E-state index is 10.8. The Balaban J connectivity index is 4.10. The normalized spacial score (nSPS) is 16.5. The average molecular weight is 181 g/mol. The molecule has 0 aromatic rings. The van der Waals surface area contributed by atoms with Crippen molar-refractivity contribution in [2.45, 2.75) is 25.5 Å². The van der Waals surface area contributed by atoms with E-state index in [0.717, 1.165) is 0 Å². The van der Waals surface area contributed by atoms with Gasteiger partial charge in [0.15, 0.2) is 0 Å². The van der Waals surface area contributed by atoms with E-state index < -0.39 is 19.1 Å². The third-order valence-electron chi connectivity index (χ3n) is 1.32. The SMILES string of the molecule is CC(C)(N)C(O)CP(N)(N)=O. The summed E-state index contributed by atoms with van der Waals surface area (Å²) in [6.07, 6.45) is -1.07. The van der Waals surface area contributed by atoms with E-state index in [0.29, 0.717) is 0 Å². The predicted octanol–water partition coefficient (Wildman–Crippen LogP) is -0.805. The van der Waals surface area contributed by atoms with Crippen LogP contribution in [0.3, 0.4) is 0 Å². The molecule has 0 aliphatic carbocycles. The zero-order chi connectivity index (χ0) is 9.28. The molecule has 0 aliphatic heterocycles. The lowest BCUT2D eigenvalue weighted by atomic mass is 10.0. The van der Waals surface area contributed by atoms with Crippen molar-refractivity contribution in [1.82, 2.24) is 0 Å². The molecule has 1 atom stereocenters. The Morgan fingerprint density at radius 3 is 2.00 bits per heavy atom. The Morgan fingerprint density at radius 1 is 1.55 bits per heavy atom. The number of hydrogen-bond acceptors (Lipinski definition) is 3. The summed E-state index contributed by atoms with van der Waals surface area (Å²) >= 11 is 0. The van der Waals surface area contributed by atoms with Gasteiger partial charge in [0.2, 0.25) is 7.44 Å². The van der Waals surface area contributed by atoms with Gasteiger partial charge < -0.3 is 10.8 Å². The fourth-order valence-electron chi connectivity index (χ4n) is 0.506. The largest absolute Gasteiger partial charge is 0.391 e. The maximum atomic E-state index is 10.8. The highest BCUT2D eigenvalue weighted by Gasteiger charge is 2.27. The Morgan fingerprint density at radius 2 is 1.91 bits per heavy atom. The molecule has 68 valence electrons. The first-order chi connectivity index (χ1) is 4.63. The zero-order valence-corrected chi connectivity index (χ0v) is 7.71. The predicted molar refractivity (Wildman–Crippen MR) is 45.1 cm³/mol. The molecule has 0 fully saturated rings. The van der Waals surface area contributed by atoms with Crippen molar-refractivity contribution in [2.24, 2.45) is 16.7 Å². The molecule has 0 saturated carbocycles. The summed E-state index contributed by atoms with van der Waals surface area (Å²) in [7, 11) is -3.15. The van der Waals surface area contributed by atoms with E-state index in [-0.39, 0.29) is 6.16 Å². The van der Waals surface area contributed by atoms with Crippen LogP contribution in [-0.4, -0.2) is 22.9 Å². The van der Waals surface area contributed by atoms with Crippen LogP contribution in [0.1, 0.15) is 13.8 Å². The van der Waals surface area contributed by atoms with Crippen molar-refractivity contribution in [3.63, 3.8) is 0 Å². The molecular weight excluding hydrogens is 165 g/mol. The molecule has 0 spiro atoms. The van der Waals surface area contributed by atoms with Gasteiger partial charge in [-0.25, -0.2) is 0 Å². The second-order valence-electron chi connectivity index (χ2n) is 3.37. The molecule has 1 unspecified atom stereocenters. The monoisotopic (exact) mass is 181 g/mol. The van der Waals surface area contributed by atoms with Crippen molar-refractivity contribution in [3.05, 3.63) is 0 Å². The highest BCUT2D eigenvalue weighted by atomic mass is 31.2. The summed E-state index contributed by atoms with van der Waals surface area (Å²) < 4.78 is 10.8. The Hall–Kier alpha value is 0.0700. The van der Waals surface area contributed by atoms with Crippen molar-refractivity contribution in [2.75, 3.05) is 6.16 Å². The summed E-state index contributed by atoms with van der Waals surface area (Å²) in [6.45, 7) is 3.24. The lowest BCUT2D eigenvalue weighted by Crippen LogP contribution is -2.47. The van der Waals surface area contributed by atoms with Crippen LogP contribution in [-0.2, 0) is 4.57 Å². The minimum absolute atomic E-state index is 0.142. The standard InChI is InChI=1S/C5H16N3O2P/c1-5(2,6)4(9)3-11(7,8)10/h4,9H,3,6H2,1-2H3,(H4,7,8,10). The van der Waals surface area contributed by atoms with E-state index in [9.17, 15) is 9.67 Å².